The maximum absolute atomic E-state index is 11.8. The lowest BCUT2D eigenvalue weighted by molar-refractivity contribution is 1.09. The molecule has 0 saturated heterocycles. The summed E-state index contributed by atoms with van der Waals surface area (Å²) >= 11 is 5.83. The molecule has 0 unspecified atom stereocenters. The third kappa shape index (κ3) is 1.62. The Labute approximate surface area is 101 Å². The molecule has 2 heterocycles. The van der Waals surface area contributed by atoms with E-state index in [2.05, 4.69) is 10.2 Å². The average Bonchev–Trinajstić information content (AvgIpc) is 2.75. The van der Waals surface area contributed by atoms with Gasteiger partial charge in [0.1, 0.15) is 5.65 Å². The van der Waals surface area contributed by atoms with Crippen LogP contribution in [0.4, 0.5) is 0 Å². The van der Waals surface area contributed by atoms with Gasteiger partial charge in [-0.05, 0) is 30.3 Å². The van der Waals surface area contributed by atoms with Gasteiger partial charge in [0.2, 0.25) is 0 Å². The molecule has 1 aromatic carbocycles. The lowest BCUT2D eigenvalue weighted by Gasteiger charge is -1.98. The Bertz CT molecular complexity index is 727. The Morgan fingerprint density at radius 1 is 1.12 bits per heavy atom. The Balaban J connectivity index is 2.31. The van der Waals surface area contributed by atoms with Gasteiger partial charge in [-0.3, -0.25) is 9.89 Å². The molecule has 0 aliphatic heterocycles. The number of H-pyrrole nitrogens is 1. The van der Waals surface area contributed by atoms with E-state index >= 15 is 0 Å². The molecule has 17 heavy (non-hydrogen) atoms. The number of halogens is 1. The van der Waals surface area contributed by atoms with E-state index in [4.69, 9.17) is 11.6 Å². The maximum Gasteiger partial charge on any atom is 0.257 e. The van der Waals surface area contributed by atoms with Gasteiger partial charge in [-0.25, -0.2) is 4.40 Å². The largest absolute Gasteiger partial charge is 0.269 e. The highest BCUT2D eigenvalue weighted by molar-refractivity contribution is 6.30. The van der Waals surface area contributed by atoms with Gasteiger partial charge < -0.3 is 0 Å². The second-order valence-corrected chi connectivity index (χ2v) is 4.08. The van der Waals surface area contributed by atoms with Crippen molar-refractivity contribution < 1.29 is 0 Å². The molecule has 0 fully saturated rings. The van der Waals surface area contributed by atoms with Gasteiger partial charge in [0.05, 0.1) is 0 Å². The van der Waals surface area contributed by atoms with Crippen LogP contribution in [-0.2, 0) is 0 Å². The zero-order chi connectivity index (χ0) is 11.8. The summed E-state index contributed by atoms with van der Waals surface area (Å²) in [5.41, 5.74) is 1.40. The predicted molar refractivity (Wildman–Crippen MR) is 66.3 cm³/mol. The minimum atomic E-state index is -0.110. The molecule has 0 bridgehead atoms. The topological polar surface area (TPSA) is 50.2 Å². The van der Waals surface area contributed by atoms with Crippen molar-refractivity contribution in [3.63, 3.8) is 0 Å². The lowest BCUT2D eigenvalue weighted by Crippen LogP contribution is -2.11. The molecule has 1 N–H and O–H groups in total. The molecular formula is C12H8ClN3O. The minimum Gasteiger partial charge on any atom is -0.269 e. The summed E-state index contributed by atoms with van der Waals surface area (Å²) in [5, 5.41) is 7.63. The fraction of sp³-hybridized carbons (Fsp3) is 0. The summed E-state index contributed by atoms with van der Waals surface area (Å²) in [4.78, 5) is 11.8. The first-order valence-electron chi connectivity index (χ1n) is 5.08. The molecule has 0 aliphatic carbocycles. The van der Waals surface area contributed by atoms with Crippen molar-refractivity contribution in [3.8, 4) is 11.4 Å². The third-order valence-electron chi connectivity index (χ3n) is 2.54. The molecule has 0 radical (unpaired) electrons. The smallest absolute Gasteiger partial charge is 0.257 e. The Morgan fingerprint density at radius 3 is 2.65 bits per heavy atom. The van der Waals surface area contributed by atoms with E-state index in [1.54, 1.807) is 24.3 Å². The normalized spacial score (nSPS) is 10.9. The Morgan fingerprint density at radius 2 is 1.88 bits per heavy atom. The molecule has 3 rings (SSSR count). The summed E-state index contributed by atoms with van der Waals surface area (Å²) < 4.78 is 1.53. The Hall–Kier alpha value is -2.07. The minimum absolute atomic E-state index is 0.110. The van der Waals surface area contributed by atoms with E-state index in [1.165, 1.54) is 10.5 Å². The van der Waals surface area contributed by atoms with Crippen LogP contribution in [0, 0.1) is 0 Å². The van der Waals surface area contributed by atoms with Crippen molar-refractivity contribution >= 4 is 17.2 Å². The average molecular weight is 246 g/mol. The van der Waals surface area contributed by atoms with E-state index in [0.717, 1.165) is 5.56 Å². The number of rotatable bonds is 1. The van der Waals surface area contributed by atoms with Crippen molar-refractivity contribution in [2.24, 2.45) is 0 Å². The highest BCUT2D eigenvalue weighted by atomic mass is 35.5. The molecule has 2 aromatic heterocycles. The van der Waals surface area contributed by atoms with Gasteiger partial charge in [0, 0.05) is 16.7 Å². The summed E-state index contributed by atoms with van der Waals surface area (Å²) in [6, 6.07) is 12.2. The quantitative estimate of drug-likeness (QED) is 0.715. The van der Waals surface area contributed by atoms with Crippen LogP contribution in [0.25, 0.3) is 17.0 Å². The van der Waals surface area contributed by atoms with E-state index in [0.29, 0.717) is 16.5 Å². The maximum atomic E-state index is 11.8. The highest BCUT2D eigenvalue weighted by Crippen LogP contribution is 2.19. The van der Waals surface area contributed by atoms with Crippen LogP contribution in [0.1, 0.15) is 0 Å². The summed E-state index contributed by atoms with van der Waals surface area (Å²) in [5.74, 6) is 0.585. The zero-order valence-electron chi connectivity index (χ0n) is 8.72. The van der Waals surface area contributed by atoms with Crippen LogP contribution in [0.2, 0.25) is 5.02 Å². The molecule has 0 aliphatic rings. The van der Waals surface area contributed by atoms with Crippen LogP contribution in [-0.4, -0.2) is 14.6 Å². The van der Waals surface area contributed by atoms with Gasteiger partial charge >= 0.3 is 0 Å². The SMILES string of the molecule is O=c1cccc2[nH]nc(-c3ccc(Cl)cc3)n12. The number of pyridine rings is 1. The number of nitrogens with one attached hydrogen (secondary N) is 1. The van der Waals surface area contributed by atoms with Crippen molar-refractivity contribution in [3.05, 3.63) is 57.8 Å². The van der Waals surface area contributed by atoms with Gasteiger partial charge in [-0.1, -0.05) is 17.7 Å². The number of hydrogen-bond donors (Lipinski definition) is 1. The molecule has 0 atom stereocenters. The number of hydrogen-bond acceptors (Lipinski definition) is 2. The molecule has 5 heteroatoms. The van der Waals surface area contributed by atoms with E-state index in [1.807, 2.05) is 12.1 Å². The standard InChI is InChI=1S/C12H8ClN3O/c13-9-6-4-8(5-7-9)12-15-14-10-2-1-3-11(17)16(10)12/h1-7,14H. The summed E-state index contributed by atoms with van der Waals surface area (Å²) in [6.07, 6.45) is 0. The second-order valence-electron chi connectivity index (χ2n) is 3.64. The summed E-state index contributed by atoms with van der Waals surface area (Å²) in [6.45, 7) is 0. The number of benzene rings is 1. The molecule has 4 nitrogen and oxygen atoms in total. The predicted octanol–water partition coefficient (Wildman–Crippen LogP) is 2.34. The van der Waals surface area contributed by atoms with Crippen LogP contribution < -0.4 is 5.56 Å². The number of aromatic nitrogens is 3. The summed E-state index contributed by atoms with van der Waals surface area (Å²) in [7, 11) is 0. The van der Waals surface area contributed by atoms with Crippen LogP contribution in [0.5, 0.6) is 0 Å². The molecule has 0 amide bonds. The van der Waals surface area contributed by atoms with Crippen LogP contribution in [0.3, 0.4) is 0 Å². The fourth-order valence-corrected chi connectivity index (χ4v) is 1.87. The van der Waals surface area contributed by atoms with Crippen molar-refractivity contribution in [1.29, 1.82) is 0 Å². The van der Waals surface area contributed by atoms with Crippen molar-refractivity contribution in [2.75, 3.05) is 0 Å². The third-order valence-corrected chi connectivity index (χ3v) is 2.80. The molecule has 3 aromatic rings. The first kappa shape index (κ1) is 10.1. The number of aromatic amines is 1. The van der Waals surface area contributed by atoms with Crippen LogP contribution in [0.15, 0.2) is 47.3 Å². The highest BCUT2D eigenvalue weighted by Gasteiger charge is 2.08. The van der Waals surface area contributed by atoms with Gasteiger partial charge in [0.15, 0.2) is 5.82 Å². The van der Waals surface area contributed by atoms with E-state index in [9.17, 15) is 4.79 Å². The number of nitrogens with zero attached hydrogens (tertiary/aromatic N) is 2. The van der Waals surface area contributed by atoms with Crippen LogP contribution >= 0.6 is 11.6 Å². The molecule has 84 valence electrons. The Kier molecular flexibility index (Phi) is 2.23. The van der Waals surface area contributed by atoms with Crippen molar-refractivity contribution in [2.45, 2.75) is 0 Å². The first-order valence-corrected chi connectivity index (χ1v) is 5.45. The van der Waals surface area contributed by atoms with Gasteiger partial charge in [-0.15, -0.1) is 0 Å². The van der Waals surface area contributed by atoms with Gasteiger partial charge in [0.25, 0.3) is 5.56 Å². The lowest BCUT2D eigenvalue weighted by atomic mass is 10.2. The monoisotopic (exact) mass is 245 g/mol. The molecular weight excluding hydrogens is 238 g/mol. The number of fused-ring (bicyclic) bond motifs is 1. The fourth-order valence-electron chi connectivity index (χ4n) is 1.75. The first-order chi connectivity index (χ1) is 8.25. The van der Waals surface area contributed by atoms with E-state index < -0.39 is 0 Å². The molecule has 0 spiro atoms. The van der Waals surface area contributed by atoms with Crippen molar-refractivity contribution in [1.82, 2.24) is 14.6 Å². The van der Waals surface area contributed by atoms with Gasteiger partial charge in [-0.2, -0.15) is 5.10 Å². The molecule has 0 saturated carbocycles. The zero-order valence-corrected chi connectivity index (χ0v) is 9.48. The van der Waals surface area contributed by atoms with E-state index in [-0.39, 0.29) is 5.56 Å². The second kappa shape index (κ2) is 3.75.